The van der Waals surface area contributed by atoms with E-state index in [2.05, 4.69) is 10.3 Å². The number of amides is 1. The average Bonchev–Trinajstić information content (AvgIpc) is 2.73. The number of carbonyl (C=O) groups is 2. The van der Waals surface area contributed by atoms with Gasteiger partial charge in [0.25, 0.3) is 0 Å². The van der Waals surface area contributed by atoms with E-state index >= 15 is 0 Å². The second-order valence-electron chi connectivity index (χ2n) is 3.37. The number of carboxylic acids is 1. The van der Waals surface area contributed by atoms with Gasteiger partial charge in [0.1, 0.15) is 6.04 Å². The molecular weight excluding hydrogens is 242 g/mol. The highest BCUT2D eigenvalue weighted by Crippen LogP contribution is 2.19. The molecule has 1 rings (SSSR count). The maximum absolute atomic E-state index is 11.6. The van der Waals surface area contributed by atoms with E-state index in [0.717, 1.165) is 11.8 Å². The van der Waals surface area contributed by atoms with Crippen molar-refractivity contribution in [1.82, 2.24) is 14.9 Å². The lowest BCUT2D eigenvalue weighted by atomic mass is 10.3. The normalized spacial score (nSPS) is 12.1. The van der Waals surface area contributed by atoms with Gasteiger partial charge in [0, 0.05) is 18.9 Å². The van der Waals surface area contributed by atoms with E-state index in [4.69, 9.17) is 5.11 Å². The average molecular weight is 257 g/mol. The molecule has 1 heterocycles. The van der Waals surface area contributed by atoms with Crippen LogP contribution in [0, 0.1) is 0 Å². The Balaban J connectivity index is 2.73. The number of likely N-dealkylation sites (N-methyl/N-ethyl adjacent to an activating group) is 1. The van der Waals surface area contributed by atoms with Gasteiger partial charge in [-0.3, -0.25) is 9.59 Å². The molecule has 0 radical (unpaired) electrons. The number of aromatic nitrogens is 2. The molecule has 2 N–H and O–H groups in total. The summed E-state index contributed by atoms with van der Waals surface area (Å²) in [7, 11) is 0. The van der Waals surface area contributed by atoms with Crippen molar-refractivity contribution in [2.75, 3.05) is 12.3 Å². The van der Waals surface area contributed by atoms with Crippen LogP contribution < -0.4 is 5.32 Å². The summed E-state index contributed by atoms with van der Waals surface area (Å²) in [6.45, 7) is 4.16. The molecule has 94 valence electrons. The predicted octanol–water partition coefficient (Wildman–Crippen LogP) is 0.757. The molecule has 0 aliphatic heterocycles. The summed E-state index contributed by atoms with van der Waals surface area (Å²) in [5.41, 5.74) is 0. The van der Waals surface area contributed by atoms with Crippen molar-refractivity contribution in [1.29, 1.82) is 0 Å². The topological polar surface area (TPSA) is 84.2 Å². The zero-order valence-electron chi connectivity index (χ0n) is 9.71. The van der Waals surface area contributed by atoms with E-state index in [1.807, 2.05) is 6.92 Å². The fourth-order valence-electron chi connectivity index (χ4n) is 1.28. The Labute approximate surface area is 103 Å². The van der Waals surface area contributed by atoms with Gasteiger partial charge in [-0.25, -0.2) is 4.98 Å². The zero-order chi connectivity index (χ0) is 12.8. The maximum atomic E-state index is 11.6. The molecule has 1 aromatic heterocycles. The first-order chi connectivity index (χ1) is 8.06. The van der Waals surface area contributed by atoms with Crippen LogP contribution in [0.2, 0.25) is 0 Å². The molecule has 0 bridgehead atoms. The van der Waals surface area contributed by atoms with Crippen molar-refractivity contribution in [2.45, 2.75) is 25.0 Å². The standard InChI is InChI=1S/C10H15N3O3S/c1-3-11-9(16)7(2)13-5-4-12-10(13)17-6-8(14)15/h4-5,7H,3,6H2,1-2H3,(H,11,16)(H,14,15). The molecule has 0 aliphatic rings. The summed E-state index contributed by atoms with van der Waals surface area (Å²) < 4.78 is 1.67. The quantitative estimate of drug-likeness (QED) is 0.735. The molecule has 1 unspecified atom stereocenters. The molecule has 0 spiro atoms. The third kappa shape index (κ3) is 3.77. The van der Waals surface area contributed by atoms with Crippen LogP contribution >= 0.6 is 11.8 Å². The number of thioether (sulfide) groups is 1. The van der Waals surface area contributed by atoms with Crippen LogP contribution in [0.15, 0.2) is 17.6 Å². The number of carbonyl (C=O) groups excluding carboxylic acids is 1. The summed E-state index contributed by atoms with van der Waals surface area (Å²) in [6, 6.07) is -0.395. The summed E-state index contributed by atoms with van der Waals surface area (Å²) in [5, 5.41) is 11.8. The van der Waals surface area contributed by atoms with Gasteiger partial charge in [-0.1, -0.05) is 11.8 Å². The number of hydrogen-bond donors (Lipinski definition) is 2. The van der Waals surface area contributed by atoms with E-state index in [0.29, 0.717) is 11.7 Å². The van der Waals surface area contributed by atoms with Crippen LogP contribution in [0.3, 0.4) is 0 Å². The molecule has 0 saturated heterocycles. The second kappa shape index (κ2) is 6.29. The molecule has 1 amide bonds. The highest BCUT2D eigenvalue weighted by Gasteiger charge is 2.17. The Hall–Kier alpha value is -1.50. The zero-order valence-corrected chi connectivity index (χ0v) is 10.5. The van der Waals surface area contributed by atoms with Gasteiger partial charge in [0.2, 0.25) is 5.91 Å². The first kappa shape index (κ1) is 13.6. The van der Waals surface area contributed by atoms with Crippen LogP contribution in [0.1, 0.15) is 19.9 Å². The third-order valence-electron chi connectivity index (χ3n) is 2.11. The molecule has 6 nitrogen and oxygen atoms in total. The number of imidazole rings is 1. The number of nitrogens with zero attached hydrogens (tertiary/aromatic N) is 2. The fraction of sp³-hybridized carbons (Fsp3) is 0.500. The molecule has 0 saturated carbocycles. The van der Waals surface area contributed by atoms with Gasteiger partial charge in [0.15, 0.2) is 5.16 Å². The van der Waals surface area contributed by atoms with Crippen molar-refractivity contribution < 1.29 is 14.7 Å². The molecule has 7 heteroatoms. The van der Waals surface area contributed by atoms with Gasteiger partial charge in [-0.05, 0) is 13.8 Å². The highest BCUT2D eigenvalue weighted by molar-refractivity contribution is 7.99. The van der Waals surface area contributed by atoms with Crippen LogP contribution in [-0.2, 0) is 9.59 Å². The molecule has 0 aromatic carbocycles. The highest BCUT2D eigenvalue weighted by atomic mass is 32.2. The third-order valence-corrected chi connectivity index (χ3v) is 3.07. The van der Waals surface area contributed by atoms with Gasteiger partial charge in [0.05, 0.1) is 5.75 Å². The smallest absolute Gasteiger partial charge is 0.313 e. The molecule has 1 atom stereocenters. The largest absolute Gasteiger partial charge is 0.481 e. The lowest BCUT2D eigenvalue weighted by Crippen LogP contribution is -2.30. The number of rotatable bonds is 6. The summed E-state index contributed by atoms with van der Waals surface area (Å²) >= 11 is 1.10. The Morgan fingerprint density at radius 3 is 2.94 bits per heavy atom. The van der Waals surface area contributed by atoms with E-state index in [-0.39, 0.29) is 11.7 Å². The van der Waals surface area contributed by atoms with Crippen molar-refractivity contribution in [3.05, 3.63) is 12.4 Å². The predicted molar refractivity (Wildman–Crippen MR) is 64.0 cm³/mol. The summed E-state index contributed by atoms with van der Waals surface area (Å²) in [5.74, 6) is -1.09. The second-order valence-corrected chi connectivity index (χ2v) is 4.31. The van der Waals surface area contributed by atoms with Crippen LogP contribution in [0.25, 0.3) is 0 Å². The summed E-state index contributed by atoms with van der Waals surface area (Å²) in [4.78, 5) is 26.2. The minimum Gasteiger partial charge on any atom is -0.481 e. The lowest BCUT2D eigenvalue weighted by molar-refractivity contribution is -0.133. The van der Waals surface area contributed by atoms with Crippen molar-refractivity contribution >= 4 is 23.6 Å². The minimum absolute atomic E-state index is 0.0703. The lowest BCUT2D eigenvalue weighted by Gasteiger charge is -2.14. The Morgan fingerprint density at radius 1 is 1.65 bits per heavy atom. The van der Waals surface area contributed by atoms with Crippen LogP contribution in [0.4, 0.5) is 0 Å². The molecule has 0 fully saturated rings. The van der Waals surface area contributed by atoms with E-state index in [1.165, 1.54) is 0 Å². The number of aliphatic carboxylic acids is 1. The van der Waals surface area contributed by atoms with E-state index in [9.17, 15) is 9.59 Å². The van der Waals surface area contributed by atoms with Gasteiger partial charge >= 0.3 is 5.97 Å². The first-order valence-electron chi connectivity index (χ1n) is 5.21. The molecule has 17 heavy (non-hydrogen) atoms. The number of carboxylic acid groups (broad SMARTS) is 1. The molecule has 0 aliphatic carbocycles. The molecular formula is C10H15N3O3S. The maximum Gasteiger partial charge on any atom is 0.313 e. The first-order valence-corrected chi connectivity index (χ1v) is 6.20. The van der Waals surface area contributed by atoms with Gasteiger partial charge in [-0.15, -0.1) is 0 Å². The van der Waals surface area contributed by atoms with Crippen molar-refractivity contribution in [2.24, 2.45) is 0 Å². The minimum atomic E-state index is -0.907. The van der Waals surface area contributed by atoms with Gasteiger partial charge in [-0.2, -0.15) is 0 Å². The van der Waals surface area contributed by atoms with E-state index in [1.54, 1.807) is 23.9 Å². The Bertz CT molecular complexity index is 405. The van der Waals surface area contributed by atoms with Crippen LogP contribution in [-0.4, -0.2) is 38.8 Å². The monoisotopic (exact) mass is 257 g/mol. The summed E-state index contributed by atoms with van der Waals surface area (Å²) in [6.07, 6.45) is 3.23. The number of hydrogen-bond acceptors (Lipinski definition) is 4. The number of nitrogens with one attached hydrogen (secondary N) is 1. The van der Waals surface area contributed by atoms with Crippen LogP contribution in [0.5, 0.6) is 0 Å². The molecule has 1 aromatic rings. The fourth-order valence-corrected chi connectivity index (χ4v) is 2.04. The van der Waals surface area contributed by atoms with E-state index < -0.39 is 12.0 Å². The Kier molecular flexibility index (Phi) is 5.02. The van der Waals surface area contributed by atoms with Crippen molar-refractivity contribution in [3.63, 3.8) is 0 Å². The SMILES string of the molecule is CCNC(=O)C(C)n1ccnc1SCC(=O)O. The Morgan fingerprint density at radius 2 is 2.35 bits per heavy atom. The van der Waals surface area contributed by atoms with Crippen molar-refractivity contribution in [3.8, 4) is 0 Å². The van der Waals surface area contributed by atoms with Gasteiger partial charge < -0.3 is 15.0 Å².